The van der Waals surface area contributed by atoms with Gasteiger partial charge in [0.1, 0.15) is 4.90 Å². The first-order valence-corrected chi connectivity index (χ1v) is 9.20. The number of anilines is 1. The molecule has 0 bridgehead atoms. The van der Waals surface area contributed by atoms with Crippen molar-refractivity contribution < 1.29 is 8.42 Å². The zero-order valence-corrected chi connectivity index (χ0v) is 15.2. The largest absolute Gasteiger partial charge is 0.398 e. The van der Waals surface area contributed by atoms with Crippen LogP contribution in [-0.4, -0.2) is 8.42 Å². The molecule has 4 nitrogen and oxygen atoms in total. The first-order valence-electron chi connectivity index (χ1n) is 6.13. The van der Waals surface area contributed by atoms with Crippen molar-refractivity contribution in [2.45, 2.75) is 17.9 Å². The molecule has 1 unspecified atom stereocenters. The molecule has 21 heavy (non-hydrogen) atoms. The van der Waals surface area contributed by atoms with Crippen molar-refractivity contribution >= 4 is 47.6 Å². The SMILES string of the molecule is CC(NS(=O)(=O)c1ccc(Br)cc1N)c1ccccc1Br. The first kappa shape index (κ1) is 16.5. The smallest absolute Gasteiger partial charge is 0.243 e. The normalized spacial score (nSPS) is 13.1. The number of nitrogens with one attached hydrogen (secondary N) is 1. The molecule has 3 N–H and O–H groups in total. The monoisotopic (exact) mass is 432 g/mol. The Morgan fingerprint density at radius 3 is 2.43 bits per heavy atom. The number of sulfonamides is 1. The Bertz CT molecular complexity index is 763. The summed E-state index contributed by atoms with van der Waals surface area (Å²) >= 11 is 6.68. The molecule has 2 aromatic rings. The maximum Gasteiger partial charge on any atom is 0.243 e. The molecule has 7 heteroatoms. The van der Waals surface area contributed by atoms with E-state index in [9.17, 15) is 8.42 Å². The molecule has 0 fully saturated rings. The second kappa shape index (κ2) is 6.48. The lowest BCUT2D eigenvalue weighted by atomic mass is 10.1. The molecule has 2 aromatic carbocycles. The molecule has 0 aliphatic carbocycles. The van der Waals surface area contributed by atoms with Gasteiger partial charge in [-0.1, -0.05) is 50.1 Å². The lowest BCUT2D eigenvalue weighted by Gasteiger charge is -2.17. The topological polar surface area (TPSA) is 72.2 Å². The minimum absolute atomic E-state index is 0.0737. The quantitative estimate of drug-likeness (QED) is 0.719. The van der Waals surface area contributed by atoms with Crippen molar-refractivity contribution in [3.05, 3.63) is 57.0 Å². The van der Waals surface area contributed by atoms with Crippen LogP contribution in [-0.2, 0) is 10.0 Å². The predicted molar refractivity (Wildman–Crippen MR) is 91.4 cm³/mol. The van der Waals surface area contributed by atoms with E-state index in [0.717, 1.165) is 14.5 Å². The Kier molecular flexibility index (Phi) is 5.08. The fourth-order valence-corrected chi connectivity index (χ4v) is 4.29. The van der Waals surface area contributed by atoms with Crippen molar-refractivity contribution in [3.8, 4) is 0 Å². The summed E-state index contributed by atoms with van der Waals surface area (Å²) in [6.07, 6.45) is 0. The Balaban J connectivity index is 2.31. The molecule has 0 aromatic heterocycles. The van der Waals surface area contributed by atoms with Crippen LogP contribution < -0.4 is 10.5 Å². The summed E-state index contributed by atoms with van der Waals surface area (Å²) in [6.45, 7) is 1.78. The van der Waals surface area contributed by atoms with Gasteiger partial charge in [0.2, 0.25) is 10.0 Å². The minimum atomic E-state index is -3.69. The van der Waals surface area contributed by atoms with Crippen LogP contribution in [0.3, 0.4) is 0 Å². The highest BCUT2D eigenvalue weighted by atomic mass is 79.9. The van der Waals surface area contributed by atoms with Crippen LogP contribution in [0.5, 0.6) is 0 Å². The van der Waals surface area contributed by atoms with Crippen LogP contribution >= 0.6 is 31.9 Å². The van der Waals surface area contributed by atoms with Crippen molar-refractivity contribution in [2.24, 2.45) is 0 Å². The molecular formula is C14H14Br2N2O2S. The summed E-state index contributed by atoms with van der Waals surface area (Å²) in [6, 6.07) is 11.8. The van der Waals surface area contributed by atoms with E-state index in [1.165, 1.54) is 6.07 Å². The van der Waals surface area contributed by atoms with Crippen LogP contribution in [0.2, 0.25) is 0 Å². The number of hydrogen-bond acceptors (Lipinski definition) is 3. The summed E-state index contributed by atoms with van der Waals surface area (Å²) in [7, 11) is -3.69. The van der Waals surface area contributed by atoms with E-state index in [-0.39, 0.29) is 16.6 Å². The van der Waals surface area contributed by atoms with Crippen molar-refractivity contribution in [2.75, 3.05) is 5.73 Å². The number of halogens is 2. The van der Waals surface area contributed by atoms with Gasteiger partial charge >= 0.3 is 0 Å². The standard InChI is InChI=1S/C14H14Br2N2O2S/c1-9(11-4-2-3-5-12(11)16)18-21(19,20)14-7-6-10(15)8-13(14)17/h2-9,18H,17H2,1H3. The summed E-state index contributed by atoms with van der Waals surface area (Å²) < 4.78 is 29.1. The Morgan fingerprint density at radius 2 is 1.81 bits per heavy atom. The lowest BCUT2D eigenvalue weighted by molar-refractivity contribution is 0.567. The van der Waals surface area contributed by atoms with E-state index < -0.39 is 10.0 Å². The molecule has 0 aliphatic rings. The molecule has 0 radical (unpaired) electrons. The van der Waals surface area contributed by atoms with Gasteiger partial charge in [-0.25, -0.2) is 13.1 Å². The summed E-state index contributed by atoms with van der Waals surface area (Å²) in [4.78, 5) is 0.0737. The van der Waals surface area contributed by atoms with E-state index in [2.05, 4.69) is 36.6 Å². The average molecular weight is 434 g/mol. The van der Waals surface area contributed by atoms with Gasteiger partial charge in [-0.15, -0.1) is 0 Å². The van der Waals surface area contributed by atoms with Gasteiger partial charge in [-0.2, -0.15) is 0 Å². The highest BCUT2D eigenvalue weighted by Gasteiger charge is 2.21. The van der Waals surface area contributed by atoms with Crippen LogP contribution in [0.15, 0.2) is 56.3 Å². The molecule has 0 amide bonds. The third-order valence-corrected chi connectivity index (χ3v) is 5.80. The molecule has 0 saturated heterocycles. The molecule has 0 spiro atoms. The van der Waals surface area contributed by atoms with E-state index in [4.69, 9.17) is 5.73 Å². The highest BCUT2D eigenvalue weighted by Crippen LogP contribution is 2.27. The highest BCUT2D eigenvalue weighted by molar-refractivity contribution is 9.10. The summed E-state index contributed by atoms with van der Waals surface area (Å²) in [5.41, 5.74) is 6.86. The number of nitrogen functional groups attached to an aromatic ring is 1. The molecule has 1 atom stereocenters. The fraction of sp³-hybridized carbons (Fsp3) is 0.143. The van der Waals surface area contributed by atoms with Crippen LogP contribution in [0, 0.1) is 0 Å². The van der Waals surface area contributed by atoms with E-state index in [1.807, 2.05) is 24.3 Å². The summed E-state index contributed by atoms with van der Waals surface area (Å²) in [5.74, 6) is 0. The second-order valence-corrected chi connectivity index (χ2v) is 8.00. The van der Waals surface area contributed by atoms with Crippen LogP contribution in [0.4, 0.5) is 5.69 Å². The minimum Gasteiger partial charge on any atom is -0.398 e. The molecule has 2 rings (SSSR count). The van der Waals surface area contributed by atoms with Crippen LogP contribution in [0.1, 0.15) is 18.5 Å². The molecule has 0 aliphatic heterocycles. The van der Waals surface area contributed by atoms with Gasteiger partial charge in [0.05, 0.1) is 5.69 Å². The number of hydrogen-bond donors (Lipinski definition) is 2. The van der Waals surface area contributed by atoms with Gasteiger partial charge in [0, 0.05) is 15.0 Å². The Labute approximate surface area is 141 Å². The fourth-order valence-electron chi connectivity index (χ4n) is 1.95. The second-order valence-electron chi connectivity index (χ2n) is 4.55. The average Bonchev–Trinajstić information content (AvgIpc) is 2.37. The number of nitrogens with two attached hydrogens (primary N) is 1. The van der Waals surface area contributed by atoms with Gasteiger partial charge < -0.3 is 5.73 Å². The summed E-state index contributed by atoms with van der Waals surface area (Å²) in [5, 5.41) is 0. The zero-order chi connectivity index (χ0) is 15.6. The molecular weight excluding hydrogens is 420 g/mol. The number of rotatable bonds is 4. The third kappa shape index (κ3) is 3.85. The Morgan fingerprint density at radius 1 is 1.14 bits per heavy atom. The van der Waals surface area contributed by atoms with Crippen molar-refractivity contribution in [1.82, 2.24) is 4.72 Å². The predicted octanol–water partition coefficient (Wildman–Crippen LogP) is 3.83. The van der Waals surface area contributed by atoms with Crippen molar-refractivity contribution in [3.63, 3.8) is 0 Å². The molecule has 0 heterocycles. The van der Waals surface area contributed by atoms with E-state index >= 15 is 0 Å². The molecule has 112 valence electrons. The maximum atomic E-state index is 12.4. The van der Waals surface area contributed by atoms with Gasteiger partial charge in [-0.05, 0) is 36.8 Å². The van der Waals surface area contributed by atoms with Gasteiger partial charge in [0.15, 0.2) is 0 Å². The third-order valence-electron chi connectivity index (χ3n) is 2.97. The van der Waals surface area contributed by atoms with Gasteiger partial charge in [0.25, 0.3) is 0 Å². The van der Waals surface area contributed by atoms with E-state index in [1.54, 1.807) is 19.1 Å². The first-order chi connectivity index (χ1) is 9.81. The van der Waals surface area contributed by atoms with Crippen molar-refractivity contribution in [1.29, 1.82) is 0 Å². The van der Waals surface area contributed by atoms with E-state index in [0.29, 0.717) is 0 Å². The Hall–Kier alpha value is -0.890. The lowest BCUT2D eigenvalue weighted by Crippen LogP contribution is -2.27. The van der Waals surface area contributed by atoms with Gasteiger partial charge in [-0.3, -0.25) is 0 Å². The van der Waals surface area contributed by atoms with Crippen LogP contribution in [0.25, 0.3) is 0 Å². The number of benzene rings is 2. The maximum absolute atomic E-state index is 12.4. The zero-order valence-electron chi connectivity index (χ0n) is 11.2. The molecule has 0 saturated carbocycles.